The minimum atomic E-state index is -0.0801. The molecule has 0 aliphatic carbocycles. The molecule has 1 aromatic carbocycles. The Morgan fingerprint density at radius 3 is 2.67 bits per heavy atom. The first-order valence-electron chi connectivity index (χ1n) is 9.42. The second-order valence-electron chi connectivity index (χ2n) is 7.04. The molecule has 142 valence electrons. The molecule has 27 heavy (non-hydrogen) atoms. The van der Waals surface area contributed by atoms with E-state index in [-0.39, 0.29) is 6.03 Å². The summed E-state index contributed by atoms with van der Waals surface area (Å²) in [6.07, 6.45) is 0.747. The topological polar surface area (TPSA) is 70.6 Å². The van der Waals surface area contributed by atoms with E-state index in [4.69, 9.17) is 9.72 Å². The molecular weight excluding hydrogens is 342 g/mol. The molecule has 7 heteroatoms. The average molecular weight is 367 g/mol. The van der Waals surface area contributed by atoms with Crippen molar-refractivity contribution in [3.63, 3.8) is 0 Å². The summed E-state index contributed by atoms with van der Waals surface area (Å²) in [4.78, 5) is 26.3. The number of para-hydroxylation sites is 1. The molecule has 4 rings (SSSR count). The predicted molar refractivity (Wildman–Crippen MR) is 104 cm³/mol. The number of amides is 2. The maximum absolute atomic E-state index is 12.8. The number of urea groups is 1. The Kier molecular flexibility index (Phi) is 4.94. The van der Waals surface area contributed by atoms with Gasteiger partial charge >= 0.3 is 6.03 Å². The van der Waals surface area contributed by atoms with E-state index in [2.05, 4.69) is 15.2 Å². The van der Waals surface area contributed by atoms with E-state index in [1.54, 1.807) is 0 Å². The fourth-order valence-electron chi connectivity index (χ4n) is 3.63. The number of hydrogen-bond acceptors (Lipinski definition) is 5. The quantitative estimate of drug-likeness (QED) is 0.883. The Hall–Kier alpha value is -2.67. The van der Waals surface area contributed by atoms with Gasteiger partial charge in [-0.25, -0.2) is 14.8 Å². The maximum atomic E-state index is 12.8. The van der Waals surface area contributed by atoms with Crippen LogP contribution in [0.5, 0.6) is 0 Å². The molecule has 0 spiro atoms. The van der Waals surface area contributed by atoms with Crippen molar-refractivity contribution < 1.29 is 9.53 Å². The summed E-state index contributed by atoms with van der Waals surface area (Å²) in [5, 5.41) is 3.03. The van der Waals surface area contributed by atoms with Crippen LogP contribution >= 0.6 is 0 Å². The van der Waals surface area contributed by atoms with Crippen molar-refractivity contribution in [1.82, 2.24) is 14.9 Å². The fraction of sp³-hybridized carbons (Fsp3) is 0.450. The van der Waals surface area contributed by atoms with Gasteiger partial charge in [0.15, 0.2) is 0 Å². The second-order valence-corrected chi connectivity index (χ2v) is 7.04. The van der Waals surface area contributed by atoms with Crippen LogP contribution in [0.15, 0.2) is 24.3 Å². The lowest BCUT2D eigenvalue weighted by molar-refractivity contribution is 0.122. The third-order valence-electron chi connectivity index (χ3n) is 5.13. The monoisotopic (exact) mass is 367 g/mol. The number of nitrogens with one attached hydrogen (secondary N) is 1. The van der Waals surface area contributed by atoms with E-state index in [0.717, 1.165) is 53.7 Å². The molecule has 7 nitrogen and oxygen atoms in total. The molecule has 1 fully saturated rings. The molecule has 0 bridgehead atoms. The van der Waals surface area contributed by atoms with Crippen LogP contribution in [0.25, 0.3) is 0 Å². The highest BCUT2D eigenvalue weighted by atomic mass is 16.5. The van der Waals surface area contributed by atoms with Crippen LogP contribution in [0.3, 0.4) is 0 Å². The molecule has 3 heterocycles. The molecule has 1 N–H and O–H groups in total. The highest BCUT2D eigenvalue weighted by molar-refractivity contribution is 5.90. The largest absolute Gasteiger partial charge is 0.378 e. The molecule has 1 saturated heterocycles. The normalized spacial score (nSPS) is 16.8. The van der Waals surface area contributed by atoms with Crippen LogP contribution in [0.4, 0.5) is 16.3 Å². The number of anilines is 2. The van der Waals surface area contributed by atoms with Crippen LogP contribution in [0.2, 0.25) is 0 Å². The van der Waals surface area contributed by atoms with Crippen molar-refractivity contribution in [3.05, 3.63) is 46.9 Å². The molecule has 1 aromatic heterocycles. The standard InChI is InChI=1S/C20H25N5O2/c1-14-5-3-4-6-17(14)23-20(26)25-8-7-18-16(13-25)19(22-15(2)21-18)24-9-11-27-12-10-24/h3-6H,7-13H2,1-2H3,(H,23,26). The zero-order valence-corrected chi connectivity index (χ0v) is 15.9. The van der Waals surface area contributed by atoms with Crippen LogP contribution in [-0.4, -0.2) is 53.7 Å². The minimum absolute atomic E-state index is 0.0801. The van der Waals surface area contributed by atoms with E-state index in [0.29, 0.717) is 26.3 Å². The van der Waals surface area contributed by atoms with Gasteiger partial charge in [-0.15, -0.1) is 0 Å². The van der Waals surface area contributed by atoms with Gasteiger partial charge in [0.2, 0.25) is 0 Å². The van der Waals surface area contributed by atoms with Crippen LogP contribution in [-0.2, 0) is 17.7 Å². The number of benzene rings is 1. The molecule has 2 aliphatic heterocycles. The summed E-state index contributed by atoms with van der Waals surface area (Å²) in [7, 11) is 0. The number of carbonyl (C=O) groups excluding carboxylic acids is 1. The van der Waals surface area contributed by atoms with Crippen molar-refractivity contribution in [2.45, 2.75) is 26.8 Å². The second kappa shape index (κ2) is 7.52. The highest BCUT2D eigenvalue weighted by Crippen LogP contribution is 2.28. The lowest BCUT2D eigenvalue weighted by Gasteiger charge is -2.34. The summed E-state index contributed by atoms with van der Waals surface area (Å²) in [5.41, 5.74) is 4.02. The van der Waals surface area contributed by atoms with Gasteiger partial charge in [0.05, 0.1) is 25.5 Å². The Balaban J connectivity index is 1.56. The number of aryl methyl sites for hydroxylation is 2. The van der Waals surface area contributed by atoms with E-state index >= 15 is 0 Å². The number of aromatic nitrogens is 2. The Labute approximate surface area is 159 Å². The summed E-state index contributed by atoms with van der Waals surface area (Å²) in [5.74, 6) is 1.74. The number of ether oxygens (including phenoxy) is 1. The number of rotatable bonds is 2. The Morgan fingerprint density at radius 2 is 1.89 bits per heavy atom. The lowest BCUT2D eigenvalue weighted by Crippen LogP contribution is -2.42. The Morgan fingerprint density at radius 1 is 1.11 bits per heavy atom. The molecule has 2 aliphatic rings. The SMILES string of the molecule is Cc1nc2c(c(N3CCOCC3)n1)CN(C(=O)Nc1ccccc1C)CC2. The zero-order chi connectivity index (χ0) is 18.8. The third-order valence-corrected chi connectivity index (χ3v) is 5.13. The minimum Gasteiger partial charge on any atom is -0.378 e. The van der Waals surface area contributed by atoms with E-state index in [1.807, 2.05) is 43.0 Å². The first kappa shape index (κ1) is 17.7. The summed E-state index contributed by atoms with van der Waals surface area (Å²) < 4.78 is 5.47. The molecule has 0 atom stereocenters. The van der Waals surface area contributed by atoms with Crippen LogP contribution in [0.1, 0.15) is 22.6 Å². The number of hydrogen-bond donors (Lipinski definition) is 1. The summed E-state index contributed by atoms with van der Waals surface area (Å²) in [6.45, 7) is 8.15. The van der Waals surface area contributed by atoms with Gasteiger partial charge in [-0.3, -0.25) is 0 Å². The number of fused-ring (bicyclic) bond motifs is 1. The van der Waals surface area contributed by atoms with Gasteiger partial charge in [0.1, 0.15) is 11.6 Å². The fourth-order valence-corrected chi connectivity index (χ4v) is 3.63. The number of carbonyl (C=O) groups is 1. The summed E-state index contributed by atoms with van der Waals surface area (Å²) >= 11 is 0. The molecule has 0 radical (unpaired) electrons. The number of morpholine rings is 1. The van der Waals surface area contributed by atoms with Crippen LogP contribution < -0.4 is 10.2 Å². The van der Waals surface area contributed by atoms with Gasteiger partial charge in [0, 0.05) is 37.3 Å². The van der Waals surface area contributed by atoms with Gasteiger partial charge in [-0.1, -0.05) is 18.2 Å². The van der Waals surface area contributed by atoms with Gasteiger partial charge < -0.3 is 19.9 Å². The molecule has 2 amide bonds. The van der Waals surface area contributed by atoms with Crippen molar-refractivity contribution in [3.8, 4) is 0 Å². The van der Waals surface area contributed by atoms with Crippen molar-refractivity contribution >= 4 is 17.5 Å². The van der Waals surface area contributed by atoms with Crippen molar-refractivity contribution in [1.29, 1.82) is 0 Å². The molecule has 0 saturated carbocycles. The van der Waals surface area contributed by atoms with E-state index < -0.39 is 0 Å². The van der Waals surface area contributed by atoms with Gasteiger partial charge in [0.25, 0.3) is 0 Å². The smallest absolute Gasteiger partial charge is 0.322 e. The van der Waals surface area contributed by atoms with E-state index in [9.17, 15) is 4.79 Å². The maximum Gasteiger partial charge on any atom is 0.322 e. The van der Waals surface area contributed by atoms with E-state index in [1.165, 1.54) is 0 Å². The average Bonchev–Trinajstić information content (AvgIpc) is 2.69. The Bertz CT molecular complexity index is 848. The lowest BCUT2D eigenvalue weighted by atomic mass is 10.1. The molecule has 0 unspecified atom stereocenters. The van der Waals surface area contributed by atoms with Crippen LogP contribution in [0, 0.1) is 13.8 Å². The summed E-state index contributed by atoms with van der Waals surface area (Å²) in [6, 6.07) is 7.74. The highest BCUT2D eigenvalue weighted by Gasteiger charge is 2.28. The van der Waals surface area contributed by atoms with Crippen molar-refractivity contribution in [2.24, 2.45) is 0 Å². The number of nitrogens with zero attached hydrogens (tertiary/aromatic N) is 4. The molecular formula is C20H25N5O2. The predicted octanol–water partition coefficient (Wildman–Crippen LogP) is 2.52. The van der Waals surface area contributed by atoms with Gasteiger partial charge in [-0.05, 0) is 25.5 Å². The first-order chi connectivity index (χ1) is 13.1. The first-order valence-corrected chi connectivity index (χ1v) is 9.42. The third kappa shape index (κ3) is 3.73. The van der Waals surface area contributed by atoms with Gasteiger partial charge in [-0.2, -0.15) is 0 Å². The van der Waals surface area contributed by atoms with Crippen molar-refractivity contribution in [2.75, 3.05) is 43.1 Å². The zero-order valence-electron chi connectivity index (χ0n) is 15.9. The molecule has 2 aromatic rings.